The van der Waals surface area contributed by atoms with Crippen molar-refractivity contribution in [2.24, 2.45) is 5.92 Å². The number of allylic oxidation sites excluding steroid dienone is 2. The van der Waals surface area contributed by atoms with Gasteiger partial charge in [-0.1, -0.05) is 19.9 Å². The number of benzene rings is 1. The Hall–Kier alpha value is -2.76. The SMILES string of the molecule is CC=C(C)C(=O)OC=CCc1cc(OC)c(OC(=O)C(C)CC)c(OC)c1. The van der Waals surface area contributed by atoms with Crippen LogP contribution in [0, 0.1) is 5.92 Å². The van der Waals surface area contributed by atoms with Crippen molar-refractivity contribution in [2.45, 2.75) is 40.5 Å². The second-order valence-electron chi connectivity index (χ2n) is 6.01. The molecule has 0 aromatic heterocycles. The molecule has 1 aromatic carbocycles. The van der Waals surface area contributed by atoms with Gasteiger partial charge in [0.15, 0.2) is 11.5 Å². The van der Waals surface area contributed by atoms with Crippen LogP contribution in [0.3, 0.4) is 0 Å². The van der Waals surface area contributed by atoms with Gasteiger partial charge in [-0.15, -0.1) is 0 Å². The van der Waals surface area contributed by atoms with E-state index in [1.165, 1.54) is 20.5 Å². The van der Waals surface area contributed by atoms with Crippen molar-refractivity contribution in [1.82, 2.24) is 0 Å². The summed E-state index contributed by atoms with van der Waals surface area (Å²) in [4.78, 5) is 23.7. The number of carbonyl (C=O) groups excluding carboxylic acids is 2. The van der Waals surface area contributed by atoms with Crippen molar-refractivity contribution >= 4 is 11.9 Å². The van der Waals surface area contributed by atoms with E-state index in [1.54, 1.807) is 45.1 Å². The van der Waals surface area contributed by atoms with E-state index in [4.69, 9.17) is 18.9 Å². The lowest BCUT2D eigenvalue weighted by Gasteiger charge is -2.16. The first kappa shape index (κ1) is 22.3. The monoisotopic (exact) mass is 376 g/mol. The van der Waals surface area contributed by atoms with Gasteiger partial charge in [0.2, 0.25) is 5.75 Å². The van der Waals surface area contributed by atoms with Gasteiger partial charge in [0.25, 0.3) is 0 Å². The smallest absolute Gasteiger partial charge is 0.338 e. The lowest BCUT2D eigenvalue weighted by molar-refractivity contribution is -0.138. The fourth-order valence-corrected chi connectivity index (χ4v) is 2.03. The standard InChI is InChI=1S/C21H28O6/c1-7-14(3)20(22)26-11-9-10-16-12-17(24-5)19(18(13-16)25-6)27-21(23)15(4)8-2/h7,9,11-13,15H,8,10H2,1-6H3. The van der Waals surface area contributed by atoms with E-state index in [9.17, 15) is 9.59 Å². The van der Waals surface area contributed by atoms with Crippen molar-refractivity contribution < 1.29 is 28.5 Å². The van der Waals surface area contributed by atoms with Gasteiger partial charge < -0.3 is 18.9 Å². The second kappa shape index (κ2) is 11.1. The molecule has 6 heteroatoms. The molecule has 0 aliphatic carbocycles. The van der Waals surface area contributed by atoms with Crippen LogP contribution in [0.4, 0.5) is 0 Å². The van der Waals surface area contributed by atoms with Crippen molar-refractivity contribution in [3.05, 3.63) is 41.7 Å². The van der Waals surface area contributed by atoms with Gasteiger partial charge in [-0.2, -0.15) is 0 Å². The number of hydrogen-bond acceptors (Lipinski definition) is 6. The van der Waals surface area contributed by atoms with Crippen LogP contribution >= 0.6 is 0 Å². The summed E-state index contributed by atoms with van der Waals surface area (Å²) in [7, 11) is 2.99. The summed E-state index contributed by atoms with van der Waals surface area (Å²) in [6.45, 7) is 7.18. The van der Waals surface area contributed by atoms with Crippen LogP contribution in [0.5, 0.6) is 17.2 Å². The molecule has 0 aliphatic rings. The molecule has 0 N–H and O–H groups in total. The molecule has 0 amide bonds. The van der Waals surface area contributed by atoms with E-state index >= 15 is 0 Å². The Morgan fingerprint density at radius 2 is 1.74 bits per heavy atom. The molecule has 0 aliphatic heterocycles. The average Bonchev–Trinajstić information content (AvgIpc) is 2.69. The largest absolute Gasteiger partial charge is 0.493 e. The van der Waals surface area contributed by atoms with Gasteiger partial charge in [0.1, 0.15) is 0 Å². The van der Waals surface area contributed by atoms with Crippen LogP contribution in [0.1, 0.15) is 39.7 Å². The minimum absolute atomic E-state index is 0.225. The first-order chi connectivity index (χ1) is 12.9. The van der Waals surface area contributed by atoms with Crippen LogP contribution in [0.15, 0.2) is 36.1 Å². The quantitative estimate of drug-likeness (QED) is 0.278. The second-order valence-corrected chi connectivity index (χ2v) is 6.01. The van der Waals surface area contributed by atoms with Crippen molar-refractivity contribution in [1.29, 1.82) is 0 Å². The summed E-state index contributed by atoms with van der Waals surface area (Å²) in [6.07, 6.45) is 5.91. The molecule has 0 saturated carbocycles. The molecule has 0 saturated heterocycles. The fraction of sp³-hybridized carbons (Fsp3) is 0.429. The van der Waals surface area contributed by atoms with Gasteiger partial charge in [0, 0.05) is 5.57 Å². The van der Waals surface area contributed by atoms with E-state index in [1.807, 2.05) is 6.92 Å². The zero-order valence-corrected chi connectivity index (χ0v) is 16.8. The van der Waals surface area contributed by atoms with Crippen LogP contribution < -0.4 is 14.2 Å². The number of rotatable bonds is 9. The molecule has 0 radical (unpaired) electrons. The van der Waals surface area contributed by atoms with Crippen molar-refractivity contribution in [2.75, 3.05) is 14.2 Å². The third-order valence-electron chi connectivity index (χ3n) is 4.12. The van der Waals surface area contributed by atoms with Crippen LogP contribution in [0.25, 0.3) is 0 Å². The molecule has 1 atom stereocenters. The molecular weight excluding hydrogens is 348 g/mol. The van der Waals surface area contributed by atoms with Crippen molar-refractivity contribution in [3.8, 4) is 17.2 Å². The van der Waals surface area contributed by atoms with Crippen LogP contribution in [0.2, 0.25) is 0 Å². The molecule has 0 spiro atoms. The summed E-state index contributed by atoms with van der Waals surface area (Å²) in [5, 5.41) is 0. The van der Waals surface area contributed by atoms with E-state index in [0.717, 1.165) is 5.56 Å². The lowest BCUT2D eigenvalue weighted by atomic mass is 10.1. The fourth-order valence-electron chi connectivity index (χ4n) is 2.03. The molecule has 1 rings (SSSR count). The average molecular weight is 376 g/mol. The number of carbonyl (C=O) groups is 2. The Bertz CT molecular complexity index is 692. The summed E-state index contributed by atoms with van der Waals surface area (Å²) in [5.41, 5.74) is 1.39. The third kappa shape index (κ3) is 6.47. The molecule has 0 bridgehead atoms. The number of hydrogen-bond donors (Lipinski definition) is 0. The molecule has 1 aromatic rings. The maximum absolute atomic E-state index is 12.1. The zero-order valence-electron chi connectivity index (χ0n) is 16.8. The Labute approximate surface area is 160 Å². The number of methoxy groups -OCH3 is 2. The first-order valence-corrected chi connectivity index (χ1v) is 8.83. The Balaban J connectivity index is 2.95. The Kier molecular flexibility index (Phi) is 9.13. The molecular formula is C21H28O6. The van der Waals surface area contributed by atoms with E-state index < -0.39 is 5.97 Å². The van der Waals surface area contributed by atoms with Gasteiger partial charge in [-0.3, -0.25) is 4.79 Å². The topological polar surface area (TPSA) is 71.1 Å². The van der Waals surface area contributed by atoms with Gasteiger partial charge in [-0.05, 0) is 50.5 Å². The highest BCUT2D eigenvalue weighted by molar-refractivity contribution is 5.88. The minimum atomic E-state index is -0.392. The molecule has 6 nitrogen and oxygen atoms in total. The van der Waals surface area contributed by atoms with Gasteiger partial charge >= 0.3 is 11.9 Å². The maximum atomic E-state index is 12.1. The predicted molar refractivity (Wildman–Crippen MR) is 103 cm³/mol. The van der Waals surface area contributed by atoms with E-state index in [-0.39, 0.29) is 17.6 Å². The molecule has 1 unspecified atom stereocenters. The predicted octanol–water partition coefficient (Wildman–Crippen LogP) is 4.22. The first-order valence-electron chi connectivity index (χ1n) is 8.83. The Morgan fingerprint density at radius 3 is 2.22 bits per heavy atom. The highest BCUT2D eigenvalue weighted by Crippen LogP contribution is 2.39. The lowest BCUT2D eigenvalue weighted by Crippen LogP contribution is -2.17. The van der Waals surface area contributed by atoms with Crippen molar-refractivity contribution in [3.63, 3.8) is 0 Å². The normalized spacial score (nSPS) is 12.6. The maximum Gasteiger partial charge on any atom is 0.338 e. The van der Waals surface area contributed by atoms with Gasteiger partial charge in [0.05, 0.1) is 26.4 Å². The van der Waals surface area contributed by atoms with E-state index in [0.29, 0.717) is 29.9 Å². The number of esters is 2. The Morgan fingerprint density at radius 1 is 1.15 bits per heavy atom. The molecule has 0 heterocycles. The van der Waals surface area contributed by atoms with Gasteiger partial charge in [-0.25, -0.2) is 4.79 Å². The summed E-state index contributed by atoms with van der Waals surface area (Å²) in [5.74, 6) is 0.0991. The minimum Gasteiger partial charge on any atom is -0.493 e. The molecule has 27 heavy (non-hydrogen) atoms. The van der Waals surface area contributed by atoms with Crippen LogP contribution in [-0.4, -0.2) is 26.2 Å². The van der Waals surface area contributed by atoms with E-state index in [2.05, 4.69) is 0 Å². The summed E-state index contributed by atoms with van der Waals surface area (Å²) in [6, 6.07) is 3.51. The zero-order chi connectivity index (χ0) is 20.4. The number of ether oxygens (including phenoxy) is 4. The third-order valence-corrected chi connectivity index (χ3v) is 4.12. The highest BCUT2D eigenvalue weighted by Gasteiger charge is 2.20. The van der Waals surface area contributed by atoms with Crippen LogP contribution in [-0.2, 0) is 20.7 Å². The molecule has 148 valence electrons. The summed E-state index contributed by atoms with van der Waals surface area (Å²) >= 11 is 0. The summed E-state index contributed by atoms with van der Waals surface area (Å²) < 4.78 is 21.2. The molecule has 0 fully saturated rings. The highest BCUT2D eigenvalue weighted by atomic mass is 16.6.